The van der Waals surface area contributed by atoms with Crippen LogP contribution in [0, 0.1) is 0 Å². The molecule has 28 heavy (non-hydrogen) atoms. The van der Waals surface area contributed by atoms with E-state index in [0.29, 0.717) is 27.7 Å². The van der Waals surface area contributed by atoms with Gasteiger partial charge < -0.3 is 9.47 Å². The molecule has 0 bridgehead atoms. The third-order valence-electron chi connectivity index (χ3n) is 4.09. The Labute approximate surface area is 165 Å². The van der Waals surface area contributed by atoms with Crippen molar-refractivity contribution in [2.75, 3.05) is 13.7 Å². The summed E-state index contributed by atoms with van der Waals surface area (Å²) in [6.45, 7) is 4.06. The number of hydrogen-bond acceptors (Lipinski definition) is 6. The fraction of sp³-hybridized carbons (Fsp3) is 0.0952. The SMILES string of the molecule is C=CCOc1ccccc1/C=c1\sc2nc(-c3ccc(OC)cc3)nn2c1=O. The zero-order valence-corrected chi connectivity index (χ0v) is 16.0. The normalized spacial score (nSPS) is 11.7. The van der Waals surface area contributed by atoms with E-state index in [4.69, 9.17) is 9.47 Å². The van der Waals surface area contributed by atoms with Crippen LogP contribution in [0.5, 0.6) is 11.5 Å². The Bertz CT molecular complexity index is 1240. The standard InChI is InChI=1S/C21H17N3O3S/c1-3-12-27-17-7-5-4-6-15(17)13-18-20(25)24-21(28-18)22-19(23-24)14-8-10-16(26-2)11-9-14/h3-11,13H,1,12H2,2H3/b18-13-. The summed E-state index contributed by atoms with van der Waals surface area (Å²) in [4.78, 5) is 17.8. The summed E-state index contributed by atoms with van der Waals surface area (Å²) in [5.41, 5.74) is 1.44. The minimum atomic E-state index is -0.203. The largest absolute Gasteiger partial charge is 0.497 e. The second kappa shape index (κ2) is 7.66. The first-order valence-electron chi connectivity index (χ1n) is 8.58. The maximum atomic E-state index is 12.8. The number of hydrogen-bond donors (Lipinski definition) is 0. The molecule has 2 aromatic carbocycles. The van der Waals surface area contributed by atoms with Crippen LogP contribution in [0.4, 0.5) is 0 Å². The van der Waals surface area contributed by atoms with Crippen molar-refractivity contribution in [3.8, 4) is 22.9 Å². The molecule has 0 radical (unpaired) electrons. The van der Waals surface area contributed by atoms with Crippen LogP contribution < -0.4 is 19.6 Å². The Kier molecular flexibility index (Phi) is 4.90. The van der Waals surface area contributed by atoms with Gasteiger partial charge in [0.05, 0.1) is 11.6 Å². The zero-order valence-electron chi connectivity index (χ0n) is 15.2. The maximum Gasteiger partial charge on any atom is 0.291 e. The predicted octanol–water partition coefficient (Wildman–Crippen LogP) is 2.94. The molecule has 0 amide bonds. The lowest BCUT2D eigenvalue weighted by molar-refractivity contribution is 0.362. The number of rotatable bonds is 6. The zero-order chi connectivity index (χ0) is 19.5. The van der Waals surface area contributed by atoms with Gasteiger partial charge in [0.15, 0.2) is 5.82 Å². The number of thiazole rings is 1. The second-order valence-corrected chi connectivity index (χ2v) is 6.92. The molecule has 0 saturated carbocycles. The molecule has 2 aromatic heterocycles. The van der Waals surface area contributed by atoms with Gasteiger partial charge in [-0.2, -0.15) is 9.50 Å². The van der Waals surface area contributed by atoms with Gasteiger partial charge in [0.2, 0.25) is 4.96 Å². The molecule has 0 aliphatic carbocycles. The topological polar surface area (TPSA) is 65.7 Å². The highest BCUT2D eigenvalue weighted by Gasteiger charge is 2.12. The second-order valence-electron chi connectivity index (χ2n) is 5.91. The summed E-state index contributed by atoms with van der Waals surface area (Å²) >= 11 is 1.30. The van der Waals surface area contributed by atoms with Crippen molar-refractivity contribution in [1.82, 2.24) is 14.6 Å². The molecule has 4 aromatic rings. The number of para-hydroxylation sites is 1. The fourth-order valence-electron chi connectivity index (χ4n) is 2.72. The van der Waals surface area contributed by atoms with Gasteiger partial charge in [0.25, 0.3) is 5.56 Å². The van der Waals surface area contributed by atoms with E-state index in [-0.39, 0.29) is 5.56 Å². The molecular weight excluding hydrogens is 374 g/mol. The van der Waals surface area contributed by atoms with Crippen molar-refractivity contribution in [3.63, 3.8) is 0 Å². The smallest absolute Gasteiger partial charge is 0.291 e. The van der Waals surface area contributed by atoms with Gasteiger partial charge in [-0.3, -0.25) is 4.79 Å². The van der Waals surface area contributed by atoms with Crippen molar-refractivity contribution < 1.29 is 9.47 Å². The molecule has 0 saturated heterocycles. The molecule has 140 valence electrons. The molecule has 2 heterocycles. The van der Waals surface area contributed by atoms with Crippen LogP contribution in [0.1, 0.15) is 5.56 Å². The van der Waals surface area contributed by atoms with E-state index in [0.717, 1.165) is 16.9 Å². The van der Waals surface area contributed by atoms with Crippen molar-refractivity contribution in [2.45, 2.75) is 0 Å². The Morgan fingerprint density at radius 1 is 1.18 bits per heavy atom. The van der Waals surface area contributed by atoms with Crippen LogP contribution in [0.2, 0.25) is 0 Å². The number of nitrogens with zero attached hydrogens (tertiary/aromatic N) is 3. The molecule has 0 unspecified atom stereocenters. The van der Waals surface area contributed by atoms with E-state index in [1.807, 2.05) is 48.5 Å². The van der Waals surface area contributed by atoms with Gasteiger partial charge in [0, 0.05) is 11.1 Å². The Morgan fingerprint density at radius 2 is 1.96 bits per heavy atom. The number of fused-ring (bicyclic) bond motifs is 1. The van der Waals surface area contributed by atoms with E-state index in [2.05, 4.69) is 16.7 Å². The predicted molar refractivity (Wildman–Crippen MR) is 110 cm³/mol. The van der Waals surface area contributed by atoms with Crippen LogP contribution in [0.15, 0.2) is 66.0 Å². The van der Waals surface area contributed by atoms with Gasteiger partial charge in [-0.25, -0.2) is 0 Å². The van der Waals surface area contributed by atoms with E-state index in [1.54, 1.807) is 19.3 Å². The number of methoxy groups -OCH3 is 1. The monoisotopic (exact) mass is 391 g/mol. The van der Waals surface area contributed by atoms with Crippen molar-refractivity contribution in [3.05, 3.63) is 81.6 Å². The molecule has 0 aliphatic heterocycles. The lowest BCUT2D eigenvalue weighted by Gasteiger charge is -2.05. The molecule has 0 atom stereocenters. The summed E-state index contributed by atoms with van der Waals surface area (Å²) in [6.07, 6.45) is 3.48. The van der Waals surface area contributed by atoms with Crippen LogP contribution in [0.25, 0.3) is 22.4 Å². The van der Waals surface area contributed by atoms with Gasteiger partial charge in [-0.15, -0.1) is 5.10 Å². The van der Waals surface area contributed by atoms with Gasteiger partial charge in [-0.1, -0.05) is 42.2 Å². The average Bonchev–Trinajstić information content (AvgIpc) is 3.27. The molecular formula is C21H17N3O3S. The number of ether oxygens (including phenoxy) is 2. The average molecular weight is 391 g/mol. The number of benzene rings is 2. The van der Waals surface area contributed by atoms with E-state index >= 15 is 0 Å². The molecule has 6 nitrogen and oxygen atoms in total. The minimum Gasteiger partial charge on any atom is -0.497 e. The van der Waals surface area contributed by atoms with Crippen LogP contribution in [-0.2, 0) is 0 Å². The highest BCUT2D eigenvalue weighted by molar-refractivity contribution is 7.15. The van der Waals surface area contributed by atoms with Gasteiger partial charge in [-0.05, 0) is 36.4 Å². The van der Waals surface area contributed by atoms with Crippen LogP contribution >= 0.6 is 11.3 Å². The quantitative estimate of drug-likeness (QED) is 0.473. The van der Waals surface area contributed by atoms with Crippen molar-refractivity contribution >= 4 is 22.4 Å². The Balaban J connectivity index is 1.73. The Morgan fingerprint density at radius 3 is 2.68 bits per heavy atom. The summed E-state index contributed by atoms with van der Waals surface area (Å²) in [6, 6.07) is 14.9. The molecule has 0 aliphatic rings. The molecule has 0 fully saturated rings. The first kappa shape index (κ1) is 17.9. The minimum absolute atomic E-state index is 0.203. The summed E-state index contributed by atoms with van der Waals surface area (Å²) in [5.74, 6) is 1.95. The molecule has 4 rings (SSSR count). The van der Waals surface area contributed by atoms with E-state index in [1.165, 1.54) is 15.9 Å². The van der Waals surface area contributed by atoms with Gasteiger partial charge in [0.1, 0.15) is 18.1 Å². The molecule has 0 N–H and O–H groups in total. The van der Waals surface area contributed by atoms with Crippen molar-refractivity contribution in [2.24, 2.45) is 0 Å². The first-order chi connectivity index (χ1) is 13.7. The maximum absolute atomic E-state index is 12.8. The fourth-order valence-corrected chi connectivity index (χ4v) is 3.62. The first-order valence-corrected chi connectivity index (χ1v) is 9.39. The highest BCUT2D eigenvalue weighted by Crippen LogP contribution is 2.21. The Hall–Kier alpha value is -3.45. The van der Waals surface area contributed by atoms with Crippen LogP contribution in [-0.4, -0.2) is 28.3 Å². The highest BCUT2D eigenvalue weighted by atomic mass is 32.1. The number of aromatic nitrogens is 3. The molecule has 7 heteroatoms. The lowest BCUT2D eigenvalue weighted by atomic mass is 10.2. The molecule has 0 spiro atoms. The third-order valence-corrected chi connectivity index (χ3v) is 5.05. The van der Waals surface area contributed by atoms with Crippen LogP contribution in [0.3, 0.4) is 0 Å². The van der Waals surface area contributed by atoms with E-state index < -0.39 is 0 Å². The van der Waals surface area contributed by atoms with E-state index in [9.17, 15) is 4.79 Å². The van der Waals surface area contributed by atoms with Gasteiger partial charge >= 0.3 is 0 Å². The summed E-state index contributed by atoms with van der Waals surface area (Å²) < 4.78 is 12.7. The summed E-state index contributed by atoms with van der Waals surface area (Å²) in [5, 5.41) is 4.37. The lowest BCUT2D eigenvalue weighted by Crippen LogP contribution is -2.23. The summed E-state index contributed by atoms with van der Waals surface area (Å²) in [7, 11) is 1.61. The van der Waals surface area contributed by atoms with Crippen molar-refractivity contribution in [1.29, 1.82) is 0 Å². The third kappa shape index (κ3) is 3.39.